The molecule has 0 radical (unpaired) electrons. The van der Waals surface area contributed by atoms with Gasteiger partial charge < -0.3 is 9.47 Å². The molecule has 1 aliphatic carbocycles. The van der Waals surface area contributed by atoms with Crippen LogP contribution in [0.4, 0.5) is 8.78 Å². The molecule has 0 heterocycles. The topological polar surface area (TPSA) is 107 Å². The lowest BCUT2D eigenvalue weighted by atomic mass is 9.86. The number of alkyl halides is 2. The molecule has 0 amide bonds. The number of carbonyl (C=O) groups excluding carboxylic acids is 2. The van der Waals surface area contributed by atoms with Crippen molar-refractivity contribution < 1.29 is 40.8 Å². The van der Waals surface area contributed by atoms with Crippen LogP contribution in [0.1, 0.15) is 11.1 Å². The van der Waals surface area contributed by atoms with Crippen LogP contribution in [-0.4, -0.2) is 36.8 Å². The molecule has 13 heteroatoms. The van der Waals surface area contributed by atoms with Gasteiger partial charge in [-0.25, -0.2) is 9.59 Å². The molecule has 0 atom stereocenters. The van der Waals surface area contributed by atoms with E-state index in [0.29, 0.717) is 18.5 Å². The highest BCUT2D eigenvalue weighted by Gasteiger charge is 2.46. The van der Waals surface area contributed by atoms with E-state index in [4.69, 9.17) is 9.29 Å². The van der Waals surface area contributed by atoms with E-state index in [0.717, 1.165) is 9.13 Å². The van der Waals surface area contributed by atoms with Gasteiger partial charge in [-0.3, -0.25) is 4.55 Å². The minimum Gasteiger partial charge on any atom is -0.455 e. The monoisotopic (exact) mass is 816 g/mol. The van der Waals surface area contributed by atoms with Crippen LogP contribution in [0.5, 0.6) is 5.75 Å². The first-order valence-corrected chi connectivity index (χ1v) is 13.7. The summed E-state index contributed by atoms with van der Waals surface area (Å²) in [6.45, 7) is -1.90. The van der Waals surface area contributed by atoms with E-state index in [1.807, 2.05) is 45.2 Å². The van der Waals surface area contributed by atoms with Crippen molar-refractivity contribution in [3.63, 3.8) is 0 Å². The van der Waals surface area contributed by atoms with Crippen LogP contribution in [0.2, 0.25) is 0 Å². The Labute approximate surface area is 228 Å². The van der Waals surface area contributed by atoms with Crippen molar-refractivity contribution in [1.82, 2.24) is 0 Å². The summed E-state index contributed by atoms with van der Waals surface area (Å²) >= 11 is 6.13. The molecule has 176 valence electrons. The summed E-state index contributed by atoms with van der Waals surface area (Å²) in [5.41, 5.74) is 1.12. The van der Waals surface area contributed by atoms with Gasteiger partial charge >= 0.3 is 27.3 Å². The van der Waals surface area contributed by atoms with Gasteiger partial charge in [-0.2, -0.15) is 17.2 Å². The molecule has 0 aromatic heterocycles. The first-order valence-electron chi connectivity index (χ1n) is 8.97. The van der Waals surface area contributed by atoms with Gasteiger partial charge in [-0.1, -0.05) is 24.3 Å². The Morgan fingerprint density at radius 3 is 1.94 bits per heavy atom. The molecule has 3 rings (SSSR count). The number of esters is 2. The second-order valence-corrected chi connectivity index (χ2v) is 12.0. The molecule has 1 N–H and O–H groups in total. The van der Waals surface area contributed by atoms with Crippen LogP contribution in [0, 0.1) is 10.7 Å². The molecular weight excluding hydrogens is 803 g/mol. The van der Waals surface area contributed by atoms with Crippen LogP contribution in [0.15, 0.2) is 47.5 Å². The smallest absolute Gasteiger partial charge is 0.402 e. The maximum absolute atomic E-state index is 13.5. The van der Waals surface area contributed by atoms with E-state index < -0.39 is 33.9 Å². The molecule has 0 unspecified atom stereocenters. The first-order chi connectivity index (χ1) is 15.3. The largest absolute Gasteiger partial charge is 0.455 e. The molecule has 33 heavy (non-hydrogen) atoms. The van der Waals surface area contributed by atoms with E-state index in [1.165, 1.54) is 0 Å². The lowest BCUT2D eigenvalue weighted by molar-refractivity contribution is -0.145. The number of halogens is 5. The molecule has 0 bridgehead atoms. The highest BCUT2D eigenvalue weighted by Crippen LogP contribution is 2.33. The summed E-state index contributed by atoms with van der Waals surface area (Å²) in [7, 11) is -5.78. The number of carbonyl (C=O) groups is 2. The fraction of sp³-hybridized carbons (Fsp3) is 0.200. The van der Waals surface area contributed by atoms with E-state index in [2.05, 4.69) is 27.3 Å². The zero-order chi connectivity index (χ0) is 24.6. The lowest BCUT2D eigenvalue weighted by Gasteiger charge is -2.22. The van der Waals surface area contributed by atoms with Crippen LogP contribution in [0.3, 0.4) is 0 Å². The van der Waals surface area contributed by atoms with Gasteiger partial charge in [0, 0.05) is 16.4 Å². The van der Waals surface area contributed by atoms with E-state index >= 15 is 0 Å². The summed E-state index contributed by atoms with van der Waals surface area (Å²) in [6, 6.07) is 10.5. The minimum atomic E-state index is -5.78. The van der Waals surface area contributed by atoms with E-state index in [-0.39, 0.29) is 24.0 Å². The summed E-state index contributed by atoms with van der Waals surface area (Å²) < 4.78 is 69.6. The third-order valence-corrected chi connectivity index (χ3v) is 7.71. The third-order valence-electron chi connectivity index (χ3n) is 4.62. The van der Waals surface area contributed by atoms with E-state index in [1.54, 1.807) is 36.4 Å². The number of hydrogen-bond acceptors (Lipinski definition) is 6. The number of fused-ring (bicyclic) bond motifs is 1. The Hall–Kier alpha value is -0.920. The zero-order valence-electron chi connectivity index (χ0n) is 16.3. The first kappa shape index (κ1) is 26.7. The summed E-state index contributed by atoms with van der Waals surface area (Å²) in [6.07, 6.45) is -0.108. The third kappa shape index (κ3) is 6.21. The highest BCUT2D eigenvalue weighted by molar-refractivity contribution is 14.1. The number of hydrogen-bond donors (Lipinski definition) is 1. The average molecular weight is 816 g/mol. The number of rotatable bonds is 6. The molecule has 1 aliphatic rings. The Balaban J connectivity index is 1.95. The van der Waals surface area contributed by atoms with Crippen molar-refractivity contribution in [2.45, 2.75) is 18.1 Å². The van der Waals surface area contributed by atoms with Crippen LogP contribution in [0.25, 0.3) is 0 Å². The average Bonchev–Trinajstić information content (AvgIpc) is 2.72. The molecule has 0 spiro atoms. The van der Waals surface area contributed by atoms with Crippen molar-refractivity contribution in [1.29, 1.82) is 0 Å². The van der Waals surface area contributed by atoms with Gasteiger partial charge in [0.15, 0.2) is 12.4 Å². The van der Waals surface area contributed by atoms with Crippen molar-refractivity contribution in [2.24, 2.45) is 0 Å². The second kappa shape index (κ2) is 10.4. The number of benzene rings is 2. The maximum atomic E-state index is 13.5. The highest BCUT2D eigenvalue weighted by atomic mass is 127. The molecule has 0 aliphatic heterocycles. The Kier molecular flexibility index (Phi) is 8.38. The second-order valence-electron chi connectivity index (χ2n) is 6.86. The molecule has 2 aromatic carbocycles. The van der Waals surface area contributed by atoms with Gasteiger partial charge in [-0.15, -0.1) is 0 Å². The maximum Gasteiger partial charge on any atom is 0.402 e. The predicted molar refractivity (Wildman–Crippen MR) is 139 cm³/mol. The summed E-state index contributed by atoms with van der Waals surface area (Å²) in [4.78, 5) is 25.7. The standard InChI is InChI=1S/C20H13F2I3O7S/c21-20(22,33(28,29)30)9-31-18(26)13-5-10-3-1-2-4-11(10)6-14(13)19(27)32-17-15(24)7-12(23)8-16(17)25/h1-4,7-8H,5-6,9H2,(H,28,29,30). The lowest BCUT2D eigenvalue weighted by Crippen LogP contribution is -2.35. The fourth-order valence-electron chi connectivity index (χ4n) is 2.98. The summed E-state index contributed by atoms with van der Waals surface area (Å²) in [5.74, 6) is -1.86. The van der Waals surface area contributed by atoms with Gasteiger partial charge in [0.1, 0.15) is 0 Å². The Morgan fingerprint density at radius 2 is 1.45 bits per heavy atom. The number of ether oxygens (including phenoxy) is 2. The summed E-state index contributed by atoms with van der Waals surface area (Å²) in [5, 5.41) is -4.69. The van der Waals surface area contributed by atoms with Crippen molar-refractivity contribution in [3.05, 3.63) is 69.4 Å². The minimum absolute atomic E-state index is 0.00828. The Bertz CT molecular complexity index is 1250. The molecule has 0 fully saturated rings. The molecule has 0 saturated carbocycles. The quantitative estimate of drug-likeness (QED) is 0.198. The predicted octanol–water partition coefficient (Wildman–Crippen LogP) is 4.53. The van der Waals surface area contributed by atoms with Crippen molar-refractivity contribution >= 4 is 89.8 Å². The van der Waals surface area contributed by atoms with Gasteiger partial charge in [0.25, 0.3) is 0 Å². The van der Waals surface area contributed by atoms with Crippen molar-refractivity contribution in [2.75, 3.05) is 6.61 Å². The fourth-order valence-corrected chi connectivity index (χ4v) is 6.99. The SMILES string of the molecule is O=C(OCC(F)(F)S(=O)(=O)O)C1=C(C(=O)Oc2c(I)cc(I)cc2I)Cc2ccccc2C1. The zero-order valence-corrected chi connectivity index (χ0v) is 23.6. The van der Waals surface area contributed by atoms with Crippen LogP contribution >= 0.6 is 67.8 Å². The Morgan fingerprint density at radius 1 is 0.970 bits per heavy atom. The molecule has 2 aromatic rings. The van der Waals surface area contributed by atoms with Crippen molar-refractivity contribution in [3.8, 4) is 5.75 Å². The van der Waals surface area contributed by atoms with Gasteiger partial charge in [0.2, 0.25) is 0 Å². The normalized spacial score (nSPS) is 14.0. The molecular formula is C20H13F2I3O7S. The molecule has 0 saturated heterocycles. The van der Waals surface area contributed by atoms with Crippen LogP contribution in [-0.2, 0) is 37.3 Å². The van der Waals surface area contributed by atoms with Gasteiger partial charge in [-0.05, 0) is 91.0 Å². The van der Waals surface area contributed by atoms with E-state index in [9.17, 15) is 26.8 Å². The van der Waals surface area contributed by atoms with Gasteiger partial charge in [0.05, 0.1) is 18.3 Å². The molecule has 7 nitrogen and oxygen atoms in total. The van der Waals surface area contributed by atoms with Crippen LogP contribution < -0.4 is 4.74 Å².